The standard InChI is InChI=1S/C23H18F3N5O4/c24-23(25,26)16-3-1-2-14(8-16)11-30-12-28-20-17(22(30)33)10-29-31(20)7-6-27-21(32)15-4-5-18-19(9-15)35-13-34-18/h1-5,8-10,12H,6-7,11,13H2,(H,27,32). The summed E-state index contributed by atoms with van der Waals surface area (Å²) in [5.74, 6) is 0.770. The average molecular weight is 485 g/mol. The van der Waals surface area contributed by atoms with Crippen molar-refractivity contribution >= 4 is 16.9 Å². The van der Waals surface area contributed by atoms with Gasteiger partial charge < -0.3 is 14.8 Å². The first-order chi connectivity index (χ1) is 16.8. The SMILES string of the molecule is O=C(NCCn1ncc2c(=O)n(Cc3cccc(C(F)(F)F)c3)cnc21)c1ccc2c(c1)OCO2. The molecule has 180 valence electrons. The molecule has 0 radical (unpaired) electrons. The average Bonchev–Trinajstić information content (AvgIpc) is 3.47. The number of hydrogen-bond acceptors (Lipinski definition) is 6. The molecule has 0 saturated carbocycles. The maximum atomic E-state index is 13.0. The van der Waals surface area contributed by atoms with Crippen molar-refractivity contribution in [1.29, 1.82) is 0 Å². The first kappa shape index (κ1) is 22.4. The highest BCUT2D eigenvalue weighted by Crippen LogP contribution is 2.32. The number of nitrogens with zero attached hydrogens (tertiary/aromatic N) is 4. The van der Waals surface area contributed by atoms with Gasteiger partial charge in [0.15, 0.2) is 17.1 Å². The van der Waals surface area contributed by atoms with Crippen LogP contribution >= 0.6 is 0 Å². The van der Waals surface area contributed by atoms with E-state index in [4.69, 9.17) is 9.47 Å². The Morgan fingerprint density at radius 3 is 2.77 bits per heavy atom. The molecule has 9 nitrogen and oxygen atoms in total. The molecule has 0 bridgehead atoms. The number of ether oxygens (including phenoxy) is 2. The molecule has 0 spiro atoms. The van der Waals surface area contributed by atoms with Crippen LogP contribution in [0.1, 0.15) is 21.5 Å². The third kappa shape index (κ3) is 4.54. The number of carbonyl (C=O) groups is 1. The van der Waals surface area contributed by atoms with Crippen LogP contribution in [0.5, 0.6) is 11.5 Å². The molecule has 0 saturated heterocycles. The van der Waals surface area contributed by atoms with Crippen molar-refractivity contribution in [2.45, 2.75) is 19.3 Å². The molecule has 1 aliphatic rings. The molecule has 35 heavy (non-hydrogen) atoms. The summed E-state index contributed by atoms with van der Waals surface area (Å²) in [6, 6.07) is 9.66. The lowest BCUT2D eigenvalue weighted by Gasteiger charge is -2.10. The van der Waals surface area contributed by atoms with E-state index in [0.29, 0.717) is 28.3 Å². The monoisotopic (exact) mass is 485 g/mol. The number of alkyl halides is 3. The van der Waals surface area contributed by atoms with E-state index in [1.807, 2.05) is 0 Å². The highest BCUT2D eigenvalue weighted by molar-refractivity contribution is 5.94. The van der Waals surface area contributed by atoms with E-state index in [9.17, 15) is 22.8 Å². The summed E-state index contributed by atoms with van der Waals surface area (Å²) in [5, 5.41) is 7.17. The van der Waals surface area contributed by atoms with Crippen LogP contribution in [0, 0.1) is 0 Å². The number of nitrogens with one attached hydrogen (secondary N) is 1. The number of fused-ring (bicyclic) bond motifs is 2. The van der Waals surface area contributed by atoms with Crippen molar-refractivity contribution in [3.05, 3.63) is 82.0 Å². The summed E-state index contributed by atoms with van der Waals surface area (Å²) in [6.45, 7) is 0.521. The molecule has 0 aliphatic carbocycles. The van der Waals surface area contributed by atoms with E-state index in [0.717, 1.165) is 12.1 Å². The highest BCUT2D eigenvalue weighted by atomic mass is 19.4. The van der Waals surface area contributed by atoms with Gasteiger partial charge in [0, 0.05) is 12.1 Å². The molecule has 2 aromatic heterocycles. The Hall–Kier alpha value is -4.35. The zero-order valence-corrected chi connectivity index (χ0v) is 18.1. The van der Waals surface area contributed by atoms with Crippen molar-refractivity contribution in [2.24, 2.45) is 0 Å². The number of aromatic nitrogens is 4. The van der Waals surface area contributed by atoms with Crippen molar-refractivity contribution < 1.29 is 27.4 Å². The van der Waals surface area contributed by atoms with E-state index >= 15 is 0 Å². The van der Waals surface area contributed by atoms with Gasteiger partial charge in [0.05, 0.1) is 24.8 Å². The molecule has 1 N–H and O–H groups in total. The molecule has 0 atom stereocenters. The molecule has 4 aromatic rings. The predicted molar refractivity (Wildman–Crippen MR) is 117 cm³/mol. The van der Waals surface area contributed by atoms with E-state index in [1.54, 1.807) is 18.2 Å². The molecular formula is C23H18F3N5O4. The van der Waals surface area contributed by atoms with Gasteiger partial charge >= 0.3 is 6.18 Å². The van der Waals surface area contributed by atoms with Gasteiger partial charge in [-0.2, -0.15) is 18.3 Å². The smallest absolute Gasteiger partial charge is 0.416 e. The van der Waals surface area contributed by atoms with Gasteiger partial charge in [-0.3, -0.25) is 14.2 Å². The molecule has 0 fully saturated rings. The van der Waals surface area contributed by atoms with E-state index in [1.165, 1.54) is 33.9 Å². The van der Waals surface area contributed by atoms with E-state index < -0.39 is 17.3 Å². The molecular weight excluding hydrogens is 467 g/mol. The molecule has 5 rings (SSSR count). The minimum absolute atomic E-state index is 0.0670. The van der Waals surface area contributed by atoms with Gasteiger partial charge in [0.1, 0.15) is 11.7 Å². The summed E-state index contributed by atoms with van der Waals surface area (Å²) < 4.78 is 52.1. The fourth-order valence-electron chi connectivity index (χ4n) is 3.73. The summed E-state index contributed by atoms with van der Waals surface area (Å²) in [6.07, 6.45) is -1.84. The second kappa shape index (κ2) is 8.78. The minimum atomic E-state index is -4.47. The zero-order valence-electron chi connectivity index (χ0n) is 18.1. The number of halogens is 3. The quantitative estimate of drug-likeness (QED) is 0.451. The van der Waals surface area contributed by atoms with Crippen LogP contribution in [-0.4, -0.2) is 38.6 Å². The van der Waals surface area contributed by atoms with Crippen LogP contribution in [-0.2, 0) is 19.3 Å². The molecule has 2 aromatic carbocycles. The Labute approximate surface area is 195 Å². The molecule has 3 heterocycles. The van der Waals surface area contributed by atoms with Gasteiger partial charge in [0.2, 0.25) is 6.79 Å². The lowest BCUT2D eigenvalue weighted by Crippen LogP contribution is -2.27. The van der Waals surface area contributed by atoms with Crippen LogP contribution in [0.2, 0.25) is 0 Å². The van der Waals surface area contributed by atoms with Crippen molar-refractivity contribution in [3.63, 3.8) is 0 Å². The topological polar surface area (TPSA) is 100 Å². The lowest BCUT2D eigenvalue weighted by atomic mass is 10.1. The first-order valence-electron chi connectivity index (χ1n) is 10.5. The number of hydrogen-bond donors (Lipinski definition) is 1. The Morgan fingerprint density at radius 2 is 1.94 bits per heavy atom. The second-order valence-corrected chi connectivity index (χ2v) is 7.80. The summed E-state index contributed by atoms with van der Waals surface area (Å²) >= 11 is 0. The van der Waals surface area contributed by atoms with Crippen LogP contribution in [0.3, 0.4) is 0 Å². The Kier molecular flexibility index (Phi) is 5.63. The number of carbonyl (C=O) groups excluding carboxylic acids is 1. The lowest BCUT2D eigenvalue weighted by molar-refractivity contribution is -0.137. The predicted octanol–water partition coefficient (Wildman–Crippen LogP) is 2.82. The zero-order chi connectivity index (χ0) is 24.6. The van der Waals surface area contributed by atoms with Gasteiger partial charge in [-0.1, -0.05) is 12.1 Å². The van der Waals surface area contributed by atoms with Crippen molar-refractivity contribution in [2.75, 3.05) is 13.3 Å². The first-order valence-corrected chi connectivity index (χ1v) is 10.5. The van der Waals surface area contributed by atoms with Crippen LogP contribution in [0.4, 0.5) is 13.2 Å². The summed E-state index contributed by atoms with van der Waals surface area (Å²) in [7, 11) is 0. The maximum Gasteiger partial charge on any atom is 0.416 e. The van der Waals surface area contributed by atoms with E-state index in [-0.39, 0.29) is 37.7 Å². The number of amides is 1. The molecule has 1 amide bonds. The van der Waals surface area contributed by atoms with Gasteiger partial charge in [0.25, 0.3) is 11.5 Å². The summed E-state index contributed by atoms with van der Waals surface area (Å²) in [4.78, 5) is 29.5. The Bertz CT molecular complexity index is 1480. The number of benzene rings is 2. The third-order valence-corrected chi connectivity index (χ3v) is 5.47. The van der Waals surface area contributed by atoms with Crippen molar-refractivity contribution in [3.8, 4) is 11.5 Å². The maximum absolute atomic E-state index is 13.0. The fourth-order valence-corrected chi connectivity index (χ4v) is 3.73. The normalized spacial score (nSPS) is 12.8. The number of rotatable bonds is 6. The molecule has 12 heteroatoms. The Morgan fingerprint density at radius 1 is 1.11 bits per heavy atom. The minimum Gasteiger partial charge on any atom is -0.454 e. The van der Waals surface area contributed by atoms with E-state index in [2.05, 4.69) is 15.4 Å². The third-order valence-electron chi connectivity index (χ3n) is 5.47. The second-order valence-electron chi connectivity index (χ2n) is 7.80. The molecule has 0 unspecified atom stereocenters. The van der Waals surface area contributed by atoms with Crippen LogP contribution < -0.4 is 20.3 Å². The Balaban J connectivity index is 1.27. The van der Waals surface area contributed by atoms with Gasteiger partial charge in [-0.15, -0.1) is 0 Å². The highest BCUT2D eigenvalue weighted by Gasteiger charge is 2.30. The summed E-state index contributed by atoms with van der Waals surface area (Å²) in [5.41, 5.74) is -0.166. The van der Waals surface area contributed by atoms with Crippen LogP contribution in [0.25, 0.3) is 11.0 Å². The fraction of sp³-hybridized carbons (Fsp3) is 0.217. The van der Waals surface area contributed by atoms with Gasteiger partial charge in [-0.05, 0) is 35.9 Å². The van der Waals surface area contributed by atoms with Crippen molar-refractivity contribution in [1.82, 2.24) is 24.6 Å². The van der Waals surface area contributed by atoms with Gasteiger partial charge in [-0.25, -0.2) is 9.67 Å². The van der Waals surface area contributed by atoms with Crippen LogP contribution in [0.15, 0.2) is 59.8 Å². The largest absolute Gasteiger partial charge is 0.454 e. The molecule has 1 aliphatic heterocycles.